The fraction of sp³-hybridized carbons (Fsp3) is 0.0909. The second kappa shape index (κ2) is 5.84. The molecule has 0 unspecified atom stereocenters. The molecular weight excluding hydrogens is 378 g/mol. The SMILES string of the molecule is O=C1C(Cl)=C(C2=C(N3CC3)C(=O)c3ccccc3C2=O)C(=O)c2ccccc21. The lowest BCUT2D eigenvalue weighted by molar-refractivity contribution is 0.0946. The molecule has 0 amide bonds. The molecule has 0 aromatic heterocycles. The molecule has 0 atom stereocenters. The standard InChI is InChI=1S/C22H12ClNO4/c23-17-15(19(25)11-5-1-3-7-13(11)21(17)27)16-18(24-9-10-24)22(28)14-8-4-2-6-12(14)20(16)26/h1-8H,9-10H2. The zero-order valence-corrected chi connectivity index (χ0v) is 15.2. The maximum absolute atomic E-state index is 13.3. The highest BCUT2D eigenvalue weighted by molar-refractivity contribution is 6.52. The topological polar surface area (TPSA) is 71.3 Å². The molecule has 6 heteroatoms. The van der Waals surface area contributed by atoms with Crippen molar-refractivity contribution in [2.24, 2.45) is 0 Å². The van der Waals surface area contributed by atoms with Gasteiger partial charge in [-0.2, -0.15) is 0 Å². The predicted octanol–water partition coefficient (Wildman–Crippen LogP) is 3.21. The van der Waals surface area contributed by atoms with E-state index in [4.69, 9.17) is 11.6 Å². The fourth-order valence-corrected chi connectivity index (χ4v) is 4.02. The van der Waals surface area contributed by atoms with Gasteiger partial charge >= 0.3 is 0 Å². The molecule has 1 heterocycles. The lowest BCUT2D eigenvalue weighted by Crippen LogP contribution is -2.31. The number of hydrogen-bond donors (Lipinski definition) is 0. The number of fused-ring (bicyclic) bond motifs is 2. The average Bonchev–Trinajstić information content (AvgIpc) is 3.55. The van der Waals surface area contributed by atoms with Crippen LogP contribution >= 0.6 is 11.6 Å². The summed E-state index contributed by atoms with van der Waals surface area (Å²) in [7, 11) is 0. The number of Topliss-reactive ketones (excluding diaryl/α,β-unsaturated/α-hetero) is 4. The second-order valence-electron chi connectivity index (χ2n) is 6.81. The number of allylic oxidation sites excluding steroid dienone is 4. The molecule has 0 bridgehead atoms. The number of hydrogen-bond acceptors (Lipinski definition) is 5. The predicted molar refractivity (Wildman–Crippen MR) is 102 cm³/mol. The summed E-state index contributed by atoms with van der Waals surface area (Å²) in [5, 5.41) is -0.321. The number of carbonyl (C=O) groups is 4. The van der Waals surface area contributed by atoms with Gasteiger partial charge in [-0.05, 0) is 0 Å². The number of ketones is 4. The van der Waals surface area contributed by atoms with Crippen LogP contribution in [0.4, 0.5) is 0 Å². The molecule has 5 rings (SSSR count). The molecule has 0 N–H and O–H groups in total. The van der Waals surface area contributed by atoms with Gasteiger partial charge in [0.2, 0.25) is 11.6 Å². The van der Waals surface area contributed by atoms with E-state index in [1.807, 2.05) is 0 Å². The van der Waals surface area contributed by atoms with Crippen molar-refractivity contribution in [1.29, 1.82) is 0 Å². The molecule has 1 aliphatic heterocycles. The van der Waals surface area contributed by atoms with Gasteiger partial charge in [-0.25, -0.2) is 0 Å². The Hall–Kier alpha value is -3.31. The van der Waals surface area contributed by atoms with Crippen LogP contribution in [0.25, 0.3) is 0 Å². The van der Waals surface area contributed by atoms with Crippen LogP contribution in [0.15, 0.2) is 70.4 Å². The number of halogens is 1. The molecule has 5 nitrogen and oxygen atoms in total. The van der Waals surface area contributed by atoms with E-state index < -0.39 is 17.3 Å². The highest BCUT2D eigenvalue weighted by Crippen LogP contribution is 2.40. The van der Waals surface area contributed by atoms with Gasteiger partial charge in [-0.1, -0.05) is 60.1 Å². The lowest BCUT2D eigenvalue weighted by atomic mass is 9.78. The second-order valence-corrected chi connectivity index (χ2v) is 7.19. The van der Waals surface area contributed by atoms with Crippen molar-refractivity contribution in [3.63, 3.8) is 0 Å². The van der Waals surface area contributed by atoms with Crippen LogP contribution in [0, 0.1) is 0 Å². The summed E-state index contributed by atoms with van der Waals surface area (Å²) in [5.74, 6) is -1.84. The molecule has 0 radical (unpaired) electrons. The minimum atomic E-state index is -0.524. The molecule has 136 valence electrons. The van der Waals surface area contributed by atoms with E-state index in [9.17, 15) is 19.2 Å². The molecule has 0 spiro atoms. The highest BCUT2D eigenvalue weighted by Gasteiger charge is 2.44. The maximum atomic E-state index is 13.3. The summed E-state index contributed by atoms with van der Waals surface area (Å²) in [6, 6.07) is 12.8. The van der Waals surface area contributed by atoms with Crippen molar-refractivity contribution in [2.45, 2.75) is 0 Å². The lowest BCUT2D eigenvalue weighted by Gasteiger charge is -2.25. The summed E-state index contributed by atoms with van der Waals surface area (Å²) in [4.78, 5) is 54.1. The fourth-order valence-electron chi connectivity index (χ4n) is 3.74. The third-order valence-corrected chi connectivity index (χ3v) is 5.53. The van der Waals surface area contributed by atoms with Crippen LogP contribution in [0.1, 0.15) is 41.4 Å². The quantitative estimate of drug-likeness (QED) is 0.737. The van der Waals surface area contributed by atoms with Crippen molar-refractivity contribution >= 4 is 34.7 Å². The van der Waals surface area contributed by atoms with Crippen LogP contribution in [0.2, 0.25) is 0 Å². The Balaban J connectivity index is 1.80. The average molecular weight is 390 g/mol. The summed E-state index contributed by atoms with van der Waals surface area (Å²) >= 11 is 6.31. The molecule has 1 saturated heterocycles. The van der Waals surface area contributed by atoms with Gasteiger partial charge in [-0.15, -0.1) is 0 Å². The van der Waals surface area contributed by atoms with Crippen LogP contribution in [-0.4, -0.2) is 41.1 Å². The van der Waals surface area contributed by atoms with Gasteiger partial charge in [0.1, 0.15) is 5.03 Å². The summed E-state index contributed by atoms with van der Waals surface area (Å²) in [6.07, 6.45) is 0. The zero-order valence-electron chi connectivity index (χ0n) is 14.5. The van der Waals surface area contributed by atoms with E-state index in [0.717, 1.165) is 0 Å². The van der Waals surface area contributed by atoms with E-state index in [-0.39, 0.29) is 44.3 Å². The first kappa shape index (κ1) is 16.8. The van der Waals surface area contributed by atoms with E-state index >= 15 is 0 Å². The van der Waals surface area contributed by atoms with Crippen LogP contribution < -0.4 is 0 Å². The molecule has 0 saturated carbocycles. The van der Waals surface area contributed by atoms with Gasteiger partial charge in [0, 0.05) is 35.3 Å². The Bertz CT molecular complexity index is 1200. The molecule has 2 aromatic rings. The van der Waals surface area contributed by atoms with E-state index in [1.165, 1.54) is 12.1 Å². The van der Waals surface area contributed by atoms with Crippen molar-refractivity contribution in [3.8, 4) is 0 Å². The molecule has 2 aromatic carbocycles. The smallest absolute Gasteiger partial charge is 0.210 e. The number of rotatable bonds is 2. The molecule has 28 heavy (non-hydrogen) atoms. The first-order valence-corrected chi connectivity index (χ1v) is 9.14. The van der Waals surface area contributed by atoms with Crippen LogP contribution in [0.3, 0.4) is 0 Å². The normalized spacial score (nSPS) is 18.5. The van der Waals surface area contributed by atoms with E-state index in [2.05, 4.69) is 0 Å². The van der Waals surface area contributed by atoms with Crippen LogP contribution in [0.5, 0.6) is 0 Å². The Kier molecular flexibility index (Phi) is 3.51. The summed E-state index contributed by atoms with van der Waals surface area (Å²) in [6.45, 7) is 1.20. The monoisotopic (exact) mass is 389 g/mol. The maximum Gasteiger partial charge on any atom is 0.210 e. The molecule has 1 fully saturated rings. The molecular formula is C22H12ClNO4. The van der Waals surface area contributed by atoms with Gasteiger partial charge in [0.15, 0.2) is 11.6 Å². The largest absolute Gasteiger partial charge is 0.364 e. The molecule has 2 aliphatic carbocycles. The number of carbonyl (C=O) groups excluding carboxylic acids is 4. The number of benzene rings is 2. The van der Waals surface area contributed by atoms with Gasteiger partial charge < -0.3 is 4.90 Å². The summed E-state index contributed by atoms with van der Waals surface area (Å²) < 4.78 is 0. The van der Waals surface area contributed by atoms with Gasteiger partial charge in [0.05, 0.1) is 16.8 Å². The Morgan fingerprint density at radius 1 is 0.607 bits per heavy atom. The van der Waals surface area contributed by atoms with Crippen molar-refractivity contribution in [2.75, 3.05) is 13.1 Å². The minimum Gasteiger partial charge on any atom is -0.364 e. The van der Waals surface area contributed by atoms with Crippen LogP contribution in [-0.2, 0) is 0 Å². The minimum absolute atomic E-state index is 0.0703. The van der Waals surface area contributed by atoms with Gasteiger partial charge in [0.25, 0.3) is 0 Å². The highest BCUT2D eigenvalue weighted by atomic mass is 35.5. The van der Waals surface area contributed by atoms with Crippen molar-refractivity contribution in [3.05, 3.63) is 92.7 Å². The summed E-state index contributed by atoms with van der Waals surface area (Å²) in [5.41, 5.74) is 0.791. The Morgan fingerprint density at radius 3 is 1.54 bits per heavy atom. The third-order valence-electron chi connectivity index (χ3n) is 5.17. The first-order chi connectivity index (χ1) is 13.5. The van der Waals surface area contributed by atoms with Crippen molar-refractivity contribution in [1.82, 2.24) is 4.90 Å². The van der Waals surface area contributed by atoms with Crippen molar-refractivity contribution < 1.29 is 19.2 Å². The third kappa shape index (κ3) is 2.20. The van der Waals surface area contributed by atoms with E-state index in [1.54, 1.807) is 41.3 Å². The zero-order chi connectivity index (χ0) is 19.6. The Morgan fingerprint density at radius 2 is 1.04 bits per heavy atom. The molecule has 3 aliphatic rings. The Labute approximate surface area is 164 Å². The number of nitrogens with zero attached hydrogens (tertiary/aromatic N) is 1. The first-order valence-electron chi connectivity index (χ1n) is 8.77. The van der Waals surface area contributed by atoms with E-state index in [0.29, 0.717) is 18.7 Å². The van der Waals surface area contributed by atoms with Gasteiger partial charge in [-0.3, -0.25) is 19.2 Å².